The van der Waals surface area contributed by atoms with Gasteiger partial charge in [0, 0.05) is 11.6 Å². The van der Waals surface area contributed by atoms with Gasteiger partial charge in [-0.15, -0.1) is 0 Å². The summed E-state index contributed by atoms with van der Waals surface area (Å²) in [5, 5.41) is 3.56. The van der Waals surface area contributed by atoms with E-state index in [0.717, 1.165) is 12.4 Å². The van der Waals surface area contributed by atoms with Crippen molar-refractivity contribution in [2.45, 2.75) is 45.2 Å². The summed E-state index contributed by atoms with van der Waals surface area (Å²) in [5.74, 6) is 1.11. The Hall–Kier alpha value is -1.02. The van der Waals surface area contributed by atoms with Crippen molar-refractivity contribution >= 4 is 0 Å². The van der Waals surface area contributed by atoms with Gasteiger partial charge < -0.3 is 10.1 Å². The van der Waals surface area contributed by atoms with E-state index in [0.29, 0.717) is 12.1 Å². The van der Waals surface area contributed by atoms with Crippen LogP contribution in [0.3, 0.4) is 0 Å². The average molecular weight is 217 g/mol. The molecule has 1 aliphatic carbocycles. The maximum Gasteiger partial charge on any atom is 0.124 e. The van der Waals surface area contributed by atoms with Gasteiger partial charge in [0.05, 0.1) is 6.04 Å². The van der Waals surface area contributed by atoms with Crippen LogP contribution in [0.25, 0.3) is 0 Å². The van der Waals surface area contributed by atoms with Crippen LogP contribution in [0, 0.1) is 0 Å². The second-order valence-corrected chi connectivity index (χ2v) is 5.20. The van der Waals surface area contributed by atoms with Gasteiger partial charge in [0.1, 0.15) is 12.4 Å². The number of benzene rings is 1. The van der Waals surface area contributed by atoms with Crippen molar-refractivity contribution in [3.8, 4) is 5.75 Å². The van der Waals surface area contributed by atoms with E-state index < -0.39 is 0 Å². The highest BCUT2D eigenvalue weighted by atomic mass is 16.5. The molecule has 1 atom stereocenters. The quantitative estimate of drug-likeness (QED) is 0.822. The van der Waals surface area contributed by atoms with E-state index in [1.807, 2.05) is 0 Å². The number of ether oxygens (including phenoxy) is 1. The maximum absolute atomic E-state index is 5.77. The highest BCUT2D eigenvalue weighted by Gasteiger charge is 2.27. The number of rotatable bonds is 2. The monoisotopic (exact) mass is 217 g/mol. The van der Waals surface area contributed by atoms with Gasteiger partial charge in [-0.1, -0.05) is 19.9 Å². The van der Waals surface area contributed by atoms with E-state index >= 15 is 0 Å². The number of hydrogen-bond acceptors (Lipinski definition) is 2. The van der Waals surface area contributed by atoms with E-state index in [4.69, 9.17) is 4.74 Å². The van der Waals surface area contributed by atoms with Crippen molar-refractivity contribution < 1.29 is 4.74 Å². The Morgan fingerprint density at radius 2 is 2.00 bits per heavy atom. The normalized spacial score (nSPS) is 22.1. The maximum atomic E-state index is 5.77. The Morgan fingerprint density at radius 3 is 2.75 bits per heavy atom. The Balaban J connectivity index is 1.93. The van der Waals surface area contributed by atoms with Crippen molar-refractivity contribution in [2.75, 3.05) is 6.61 Å². The molecule has 16 heavy (non-hydrogen) atoms. The first-order chi connectivity index (χ1) is 7.74. The minimum atomic E-state index is 0.390. The van der Waals surface area contributed by atoms with Crippen LogP contribution in [0.15, 0.2) is 12.1 Å². The van der Waals surface area contributed by atoms with E-state index in [9.17, 15) is 0 Å². The fourth-order valence-corrected chi connectivity index (χ4v) is 2.82. The molecule has 0 fully saturated rings. The number of nitrogens with one attached hydrogen (secondary N) is 1. The number of fused-ring (bicyclic) bond motifs is 2. The minimum absolute atomic E-state index is 0.390. The third kappa shape index (κ3) is 1.61. The second-order valence-electron chi connectivity index (χ2n) is 5.20. The van der Waals surface area contributed by atoms with Crippen molar-refractivity contribution in [3.05, 3.63) is 28.8 Å². The van der Waals surface area contributed by atoms with Crippen LogP contribution >= 0.6 is 0 Å². The average Bonchev–Trinajstić information content (AvgIpc) is 2.81. The minimum Gasteiger partial charge on any atom is -0.491 e. The summed E-state index contributed by atoms with van der Waals surface area (Å²) in [5.41, 5.74) is 4.41. The van der Waals surface area contributed by atoms with Crippen molar-refractivity contribution in [3.63, 3.8) is 0 Å². The van der Waals surface area contributed by atoms with Gasteiger partial charge in [-0.2, -0.15) is 0 Å². The summed E-state index contributed by atoms with van der Waals surface area (Å²) >= 11 is 0. The predicted molar refractivity (Wildman–Crippen MR) is 65.0 cm³/mol. The molecule has 2 nitrogen and oxygen atoms in total. The molecule has 0 radical (unpaired) electrons. The lowest BCUT2D eigenvalue weighted by Gasteiger charge is -2.15. The van der Waals surface area contributed by atoms with Crippen LogP contribution in [0.4, 0.5) is 0 Å². The fourth-order valence-electron chi connectivity index (χ4n) is 2.82. The van der Waals surface area contributed by atoms with Crippen LogP contribution in [0.2, 0.25) is 0 Å². The van der Waals surface area contributed by atoms with E-state index in [2.05, 4.69) is 31.3 Å². The summed E-state index contributed by atoms with van der Waals surface area (Å²) in [4.78, 5) is 0. The molecule has 2 aliphatic rings. The molecule has 0 saturated heterocycles. The van der Waals surface area contributed by atoms with Crippen molar-refractivity contribution in [1.82, 2.24) is 5.32 Å². The molecule has 2 heteroatoms. The Bertz CT molecular complexity index is 411. The van der Waals surface area contributed by atoms with Crippen molar-refractivity contribution in [1.29, 1.82) is 0 Å². The number of hydrogen-bond donors (Lipinski definition) is 1. The van der Waals surface area contributed by atoms with E-state index in [1.54, 1.807) is 5.56 Å². The first kappa shape index (κ1) is 10.2. The van der Waals surface area contributed by atoms with Gasteiger partial charge >= 0.3 is 0 Å². The zero-order chi connectivity index (χ0) is 11.1. The highest BCUT2D eigenvalue weighted by Crippen LogP contribution is 2.37. The summed E-state index contributed by atoms with van der Waals surface area (Å²) in [6.45, 7) is 5.16. The van der Waals surface area contributed by atoms with Crippen LogP contribution in [-0.2, 0) is 12.8 Å². The molecule has 1 N–H and O–H groups in total. The Morgan fingerprint density at radius 1 is 1.25 bits per heavy atom. The fraction of sp³-hybridized carbons (Fsp3) is 0.571. The van der Waals surface area contributed by atoms with Crippen LogP contribution in [-0.4, -0.2) is 12.6 Å². The molecule has 0 spiro atoms. The van der Waals surface area contributed by atoms with Gasteiger partial charge in [-0.3, -0.25) is 0 Å². The molecular weight excluding hydrogens is 198 g/mol. The van der Waals surface area contributed by atoms with E-state index in [-0.39, 0.29) is 0 Å². The predicted octanol–water partition coefficient (Wildman–Crippen LogP) is 2.61. The van der Waals surface area contributed by atoms with Gasteiger partial charge in [0.2, 0.25) is 0 Å². The topological polar surface area (TPSA) is 21.3 Å². The third-order valence-corrected chi connectivity index (χ3v) is 3.54. The molecule has 1 aromatic rings. The molecule has 0 saturated carbocycles. The summed E-state index contributed by atoms with van der Waals surface area (Å²) < 4.78 is 5.77. The summed E-state index contributed by atoms with van der Waals surface area (Å²) in [6.07, 6.45) is 3.78. The first-order valence-electron chi connectivity index (χ1n) is 6.28. The molecule has 1 aromatic carbocycles. The molecule has 86 valence electrons. The molecule has 0 bridgehead atoms. The summed E-state index contributed by atoms with van der Waals surface area (Å²) in [7, 11) is 0. The Labute approximate surface area is 97.0 Å². The molecule has 1 aliphatic heterocycles. The summed E-state index contributed by atoms with van der Waals surface area (Å²) in [6, 6.07) is 5.53. The van der Waals surface area contributed by atoms with Crippen LogP contribution < -0.4 is 10.1 Å². The highest BCUT2D eigenvalue weighted by molar-refractivity contribution is 5.48. The lowest BCUT2D eigenvalue weighted by Crippen LogP contribution is -2.29. The van der Waals surface area contributed by atoms with Crippen LogP contribution in [0.1, 0.15) is 43.0 Å². The zero-order valence-electron chi connectivity index (χ0n) is 10.0. The third-order valence-electron chi connectivity index (χ3n) is 3.54. The molecule has 1 unspecified atom stereocenters. The lowest BCUT2D eigenvalue weighted by molar-refractivity contribution is 0.303. The lowest BCUT2D eigenvalue weighted by atomic mass is 10.0. The largest absolute Gasteiger partial charge is 0.491 e. The van der Waals surface area contributed by atoms with Gasteiger partial charge in [0.15, 0.2) is 0 Å². The first-order valence-corrected chi connectivity index (χ1v) is 6.28. The van der Waals surface area contributed by atoms with Gasteiger partial charge in [-0.25, -0.2) is 0 Å². The molecular formula is C14H19NO. The van der Waals surface area contributed by atoms with Crippen molar-refractivity contribution in [2.24, 2.45) is 0 Å². The molecule has 1 heterocycles. The van der Waals surface area contributed by atoms with Gasteiger partial charge in [0.25, 0.3) is 0 Å². The standard InChI is InChI=1S/C14H19NO/c1-9(2)15-13-8-16-14-7-11-5-3-4-10(11)6-12(13)14/h6-7,9,13,15H,3-5,8H2,1-2H3. The molecule has 0 aromatic heterocycles. The smallest absolute Gasteiger partial charge is 0.124 e. The zero-order valence-corrected chi connectivity index (χ0v) is 10.0. The second kappa shape index (κ2) is 3.77. The SMILES string of the molecule is CC(C)NC1COc2cc3c(cc21)CCC3. The molecule has 3 rings (SSSR count). The van der Waals surface area contributed by atoms with Crippen LogP contribution in [0.5, 0.6) is 5.75 Å². The Kier molecular flexibility index (Phi) is 2.40. The number of aryl methyl sites for hydroxylation is 2. The molecule has 0 amide bonds. The van der Waals surface area contributed by atoms with E-state index in [1.165, 1.54) is 30.4 Å². The van der Waals surface area contributed by atoms with Gasteiger partial charge in [-0.05, 0) is 36.5 Å².